The summed E-state index contributed by atoms with van der Waals surface area (Å²) in [6, 6.07) is 9.10. The average Bonchev–Trinajstić information content (AvgIpc) is 2.51. The zero-order chi connectivity index (χ0) is 18.1. The van der Waals surface area contributed by atoms with Gasteiger partial charge in [0.05, 0.1) is 12.0 Å². The topological polar surface area (TPSA) is 55.4 Å². The molecule has 2 aromatic carbocycles. The van der Waals surface area contributed by atoms with Gasteiger partial charge in [-0.05, 0) is 74.6 Å². The third-order valence-corrected chi connectivity index (χ3v) is 6.03. The highest BCUT2D eigenvalue weighted by Gasteiger charge is 2.22. The van der Waals surface area contributed by atoms with E-state index in [4.69, 9.17) is 4.74 Å². The first kappa shape index (κ1) is 18.5. The first-order valence-corrected chi connectivity index (χ1v) is 9.38. The van der Waals surface area contributed by atoms with Gasteiger partial charge in [0.15, 0.2) is 0 Å². The number of rotatable bonds is 5. The number of nitrogens with one attached hydrogen (secondary N) is 1. The van der Waals surface area contributed by atoms with Crippen molar-refractivity contribution < 1.29 is 13.2 Å². The number of sulfonamides is 1. The van der Waals surface area contributed by atoms with Gasteiger partial charge < -0.3 is 4.74 Å². The molecular weight excluding hydrogens is 322 g/mol. The number of methoxy groups -OCH3 is 1. The van der Waals surface area contributed by atoms with Crippen molar-refractivity contribution in [1.82, 2.24) is 4.72 Å². The Morgan fingerprint density at radius 1 is 0.917 bits per heavy atom. The predicted molar refractivity (Wildman–Crippen MR) is 97.1 cm³/mol. The highest BCUT2D eigenvalue weighted by Crippen LogP contribution is 2.27. The second-order valence-corrected chi connectivity index (χ2v) is 7.96. The van der Waals surface area contributed by atoms with E-state index in [1.807, 2.05) is 45.9 Å². The zero-order valence-corrected chi connectivity index (χ0v) is 15.9. The first-order valence-electron chi connectivity index (χ1n) is 7.90. The molecule has 24 heavy (non-hydrogen) atoms. The monoisotopic (exact) mass is 347 g/mol. The molecule has 0 heterocycles. The van der Waals surface area contributed by atoms with E-state index in [-0.39, 0.29) is 10.9 Å². The Kier molecular flexibility index (Phi) is 5.35. The summed E-state index contributed by atoms with van der Waals surface area (Å²) < 4.78 is 33.6. The second kappa shape index (κ2) is 6.95. The Balaban J connectivity index is 2.34. The number of benzene rings is 2. The van der Waals surface area contributed by atoms with Crippen LogP contribution in [0.1, 0.15) is 40.8 Å². The summed E-state index contributed by atoms with van der Waals surface area (Å²) in [5.74, 6) is 0.689. The van der Waals surface area contributed by atoms with Gasteiger partial charge in [0.1, 0.15) is 5.75 Å². The number of hydrogen-bond donors (Lipinski definition) is 1. The SMILES string of the molecule is COc1cc(C)c(S(=O)(=O)N[C@@H](C)c2ccc(C)c(C)c2)cc1C. The fraction of sp³-hybridized carbons (Fsp3) is 0.368. The minimum absolute atomic E-state index is 0.288. The van der Waals surface area contributed by atoms with E-state index in [2.05, 4.69) is 4.72 Å². The summed E-state index contributed by atoms with van der Waals surface area (Å²) >= 11 is 0. The van der Waals surface area contributed by atoms with Crippen molar-refractivity contribution in [3.8, 4) is 5.75 Å². The standard InChI is InChI=1S/C19H25NO3S/c1-12-7-8-17(9-13(12)2)16(5)20-24(21,22)19-11-14(3)18(23-6)10-15(19)4/h7-11,16,20H,1-6H3/t16-/m0/s1. The lowest BCUT2D eigenvalue weighted by Gasteiger charge is -2.18. The van der Waals surface area contributed by atoms with Crippen LogP contribution < -0.4 is 9.46 Å². The summed E-state index contributed by atoms with van der Waals surface area (Å²) in [6.07, 6.45) is 0. The van der Waals surface area contributed by atoms with E-state index in [1.54, 1.807) is 26.2 Å². The smallest absolute Gasteiger partial charge is 0.241 e. The maximum absolute atomic E-state index is 12.8. The van der Waals surface area contributed by atoms with E-state index in [0.29, 0.717) is 11.3 Å². The Hall–Kier alpha value is -1.85. The van der Waals surface area contributed by atoms with Gasteiger partial charge in [-0.1, -0.05) is 18.2 Å². The van der Waals surface area contributed by atoms with Crippen LogP contribution in [0.15, 0.2) is 35.2 Å². The molecule has 4 nitrogen and oxygen atoms in total. The summed E-state index contributed by atoms with van der Waals surface area (Å²) in [5, 5.41) is 0. The molecule has 1 N–H and O–H groups in total. The third-order valence-electron chi connectivity index (χ3n) is 4.34. The van der Waals surface area contributed by atoms with Crippen LogP contribution in [0.3, 0.4) is 0 Å². The molecule has 0 fully saturated rings. The number of hydrogen-bond acceptors (Lipinski definition) is 3. The number of ether oxygens (including phenoxy) is 1. The summed E-state index contributed by atoms with van der Waals surface area (Å²) in [7, 11) is -2.03. The zero-order valence-electron chi connectivity index (χ0n) is 15.1. The van der Waals surface area contributed by atoms with E-state index in [9.17, 15) is 8.42 Å². The lowest BCUT2D eigenvalue weighted by Crippen LogP contribution is -2.27. The third kappa shape index (κ3) is 3.79. The van der Waals surface area contributed by atoms with Crippen molar-refractivity contribution in [2.75, 3.05) is 7.11 Å². The van der Waals surface area contributed by atoms with Gasteiger partial charge in [0, 0.05) is 6.04 Å². The van der Waals surface area contributed by atoms with Crippen molar-refractivity contribution in [3.63, 3.8) is 0 Å². The molecule has 0 aromatic heterocycles. The molecule has 0 saturated carbocycles. The highest BCUT2D eigenvalue weighted by atomic mass is 32.2. The normalized spacial score (nSPS) is 12.9. The molecule has 0 bridgehead atoms. The second-order valence-electron chi connectivity index (χ2n) is 6.27. The molecule has 2 aromatic rings. The van der Waals surface area contributed by atoms with Gasteiger partial charge in [-0.2, -0.15) is 0 Å². The van der Waals surface area contributed by atoms with Crippen LogP contribution in [-0.2, 0) is 10.0 Å². The summed E-state index contributed by atoms with van der Waals surface area (Å²) in [4.78, 5) is 0.288. The summed E-state index contributed by atoms with van der Waals surface area (Å²) in [5.41, 5.74) is 4.74. The van der Waals surface area contributed by atoms with Crippen LogP contribution in [0, 0.1) is 27.7 Å². The van der Waals surface area contributed by atoms with Gasteiger partial charge in [-0.25, -0.2) is 13.1 Å². The molecule has 0 unspecified atom stereocenters. The van der Waals surface area contributed by atoms with Gasteiger partial charge in [0.25, 0.3) is 0 Å². The lowest BCUT2D eigenvalue weighted by atomic mass is 10.0. The summed E-state index contributed by atoms with van der Waals surface area (Å²) in [6.45, 7) is 9.53. The Morgan fingerprint density at radius 2 is 1.58 bits per heavy atom. The fourth-order valence-corrected chi connectivity index (χ4v) is 4.21. The minimum atomic E-state index is -3.61. The molecule has 0 amide bonds. The lowest BCUT2D eigenvalue weighted by molar-refractivity contribution is 0.411. The van der Waals surface area contributed by atoms with E-state index >= 15 is 0 Å². The number of aryl methyl sites for hydroxylation is 4. The van der Waals surface area contributed by atoms with Crippen molar-refractivity contribution in [2.45, 2.75) is 45.6 Å². The molecule has 130 valence electrons. The quantitative estimate of drug-likeness (QED) is 0.890. The van der Waals surface area contributed by atoms with Gasteiger partial charge in [-0.15, -0.1) is 0 Å². The van der Waals surface area contributed by atoms with Crippen LogP contribution in [0.25, 0.3) is 0 Å². The maximum atomic E-state index is 12.8. The van der Waals surface area contributed by atoms with Crippen LogP contribution in [0.2, 0.25) is 0 Å². The Labute approximate surface area is 144 Å². The molecule has 0 saturated heterocycles. The average molecular weight is 347 g/mol. The molecule has 0 aliphatic carbocycles. The van der Waals surface area contributed by atoms with Crippen LogP contribution >= 0.6 is 0 Å². The molecule has 0 radical (unpaired) electrons. The van der Waals surface area contributed by atoms with E-state index < -0.39 is 10.0 Å². The molecule has 0 aliphatic heterocycles. The van der Waals surface area contributed by atoms with E-state index in [0.717, 1.165) is 16.7 Å². The minimum Gasteiger partial charge on any atom is -0.496 e. The highest BCUT2D eigenvalue weighted by molar-refractivity contribution is 7.89. The Morgan fingerprint density at radius 3 is 2.17 bits per heavy atom. The first-order chi connectivity index (χ1) is 11.2. The molecule has 2 rings (SSSR count). The molecule has 1 atom stereocenters. The van der Waals surface area contributed by atoms with Gasteiger partial charge in [0.2, 0.25) is 10.0 Å². The Bertz CT molecular complexity index is 857. The van der Waals surface area contributed by atoms with E-state index in [1.165, 1.54) is 5.56 Å². The largest absolute Gasteiger partial charge is 0.496 e. The van der Waals surface area contributed by atoms with Crippen LogP contribution in [0.5, 0.6) is 5.75 Å². The molecule has 5 heteroatoms. The van der Waals surface area contributed by atoms with Gasteiger partial charge in [-0.3, -0.25) is 0 Å². The van der Waals surface area contributed by atoms with Crippen molar-refractivity contribution in [2.24, 2.45) is 0 Å². The molecule has 0 spiro atoms. The van der Waals surface area contributed by atoms with Crippen molar-refractivity contribution in [3.05, 3.63) is 58.1 Å². The van der Waals surface area contributed by atoms with Crippen LogP contribution in [0.4, 0.5) is 0 Å². The fourth-order valence-electron chi connectivity index (χ4n) is 2.67. The molecule has 0 aliphatic rings. The molecular formula is C19H25NO3S. The predicted octanol–water partition coefficient (Wildman–Crippen LogP) is 3.97. The van der Waals surface area contributed by atoms with Crippen molar-refractivity contribution >= 4 is 10.0 Å². The van der Waals surface area contributed by atoms with Crippen LogP contribution in [-0.4, -0.2) is 15.5 Å². The van der Waals surface area contributed by atoms with Gasteiger partial charge >= 0.3 is 0 Å². The maximum Gasteiger partial charge on any atom is 0.241 e. The van der Waals surface area contributed by atoms with Crippen molar-refractivity contribution in [1.29, 1.82) is 0 Å².